The molecular formula is C17H26IN5O. The SMILES string of the molecule is CCNC(=NCc1ccc(-n2cccn2)cc1)NCCCOC.I. The van der Waals surface area contributed by atoms with Gasteiger partial charge < -0.3 is 15.4 Å². The van der Waals surface area contributed by atoms with Gasteiger partial charge in [-0.25, -0.2) is 9.67 Å². The van der Waals surface area contributed by atoms with E-state index in [1.807, 2.05) is 16.9 Å². The summed E-state index contributed by atoms with van der Waals surface area (Å²) in [4.78, 5) is 4.60. The van der Waals surface area contributed by atoms with E-state index in [1.54, 1.807) is 13.3 Å². The number of aliphatic imine (C=N–C) groups is 1. The van der Waals surface area contributed by atoms with Crippen molar-refractivity contribution in [3.05, 3.63) is 48.3 Å². The molecule has 1 aromatic carbocycles. The van der Waals surface area contributed by atoms with Crippen molar-refractivity contribution < 1.29 is 4.74 Å². The van der Waals surface area contributed by atoms with Gasteiger partial charge in [0, 0.05) is 39.2 Å². The first-order chi connectivity index (χ1) is 11.3. The molecule has 1 heterocycles. The molecule has 0 saturated carbocycles. The van der Waals surface area contributed by atoms with Crippen molar-refractivity contribution in [1.82, 2.24) is 20.4 Å². The summed E-state index contributed by atoms with van der Waals surface area (Å²) in [6.07, 6.45) is 4.66. The molecule has 0 spiro atoms. The van der Waals surface area contributed by atoms with E-state index in [1.165, 1.54) is 0 Å². The standard InChI is InChI=1S/C17H25N5O.HI/c1-3-18-17(19-10-5-13-23-2)20-14-15-6-8-16(9-7-15)22-12-4-11-21-22;/h4,6-9,11-12H,3,5,10,13-14H2,1-2H3,(H2,18,19,20);1H. The molecule has 24 heavy (non-hydrogen) atoms. The zero-order chi connectivity index (χ0) is 16.3. The fraction of sp³-hybridized carbons (Fsp3) is 0.412. The van der Waals surface area contributed by atoms with Crippen LogP contribution < -0.4 is 10.6 Å². The highest BCUT2D eigenvalue weighted by atomic mass is 127. The van der Waals surface area contributed by atoms with Crippen molar-refractivity contribution in [2.24, 2.45) is 4.99 Å². The molecule has 0 atom stereocenters. The minimum atomic E-state index is 0. The average Bonchev–Trinajstić information content (AvgIpc) is 3.11. The fourth-order valence-electron chi connectivity index (χ4n) is 2.11. The molecule has 2 N–H and O–H groups in total. The fourth-order valence-corrected chi connectivity index (χ4v) is 2.11. The molecule has 7 heteroatoms. The molecule has 1 aromatic heterocycles. The Kier molecular flexibility index (Phi) is 10.1. The predicted molar refractivity (Wildman–Crippen MR) is 108 cm³/mol. The highest BCUT2D eigenvalue weighted by molar-refractivity contribution is 14.0. The van der Waals surface area contributed by atoms with Crippen LogP contribution in [0.1, 0.15) is 18.9 Å². The number of halogens is 1. The van der Waals surface area contributed by atoms with Gasteiger partial charge in [0.2, 0.25) is 0 Å². The van der Waals surface area contributed by atoms with Crippen LogP contribution in [0, 0.1) is 0 Å². The molecule has 0 saturated heterocycles. The molecular weight excluding hydrogens is 417 g/mol. The third-order valence-electron chi connectivity index (χ3n) is 3.29. The second kappa shape index (κ2) is 11.9. The average molecular weight is 443 g/mol. The Labute approximate surface area is 160 Å². The third kappa shape index (κ3) is 6.88. The zero-order valence-electron chi connectivity index (χ0n) is 14.2. The number of benzene rings is 1. The van der Waals surface area contributed by atoms with E-state index in [2.05, 4.69) is 51.9 Å². The second-order valence-electron chi connectivity index (χ2n) is 5.09. The van der Waals surface area contributed by atoms with E-state index in [0.29, 0.717) is 6.54 Å². The van der Waals surface area contributed by atoms with Gasteiger partial charge in [0.05, 0.1) is 12.2 Å². The molecule has 0 bridgehead atoms. The number of hydrogen-bond donors (Lipinski definition) is 2. The summed E-state index contributed by atoms with van der Waals surface area (Å²) in [5.74, 6) is 0.833. The molecule has 2 aromatic rings. The highest BCUT2D eigenvalue weighted by Gasteiger charge is 1.99. The van der Waals surface area contributed by atoms with Gasteiger partial charge in [-0.15, -0.1) is 24.0 Å². The van der Waals surface area contributed by atoms with Crippen LogP contribution in [0.25, 0.3) is 5.69 Å². The van der Waals surface area contributed by atoms with Crippen LogP contribution in [0.2, 0.25) is 0 Å². The number of hydrogen-bond acceptors (Lipinski definition) is 3. The van der Waals surface area contributed by atoms with Gasteiger partial charge in [-0.2, -0.15) is 5.10 Å². The lowest BCUT2D eigenvalue weighted by atomic mass is 10.2. The summed E-state index contributed by atoms with van der Waals surface area (Å²) in [6.45, 7) is 5.14. The van der Waals surface area contributed by atoms with Crippen LogP contribution in [0.5, 0.6) is 0 Å². The quantitative estimate of drug-likeness (QED) is 0.285. The third-order valence-corrected chi connectivity index (χ3v) is 3.29. The zero-order valence-corrected chi connectivity index (χ0v) is 16.6. The molecule has 0 amide bonds. The molecule has 0 fully saturated rings. The highest BCUT2D eigenvalue weighted by Crippen LogP contribution is 2.09. The number of aromatic nitrogens is 2. The van der Waals surface area contributed by atoms with Crippen molar-refractivity contribution in [2.75, 3.05) is 26.8 Å². The van der Waals surface area contributed by atoms with Gasteiger partial charge >= 0.3 is 0 Å². The van der Waals surface area contributed by atoms with Crippen LogP contribution in [-0.2, 0) is 11.3 Å². The van der Waals surface area contributed by atoms with E-state index in [0.717, 1.165) is 43.3 Å². The number of methoxy groups -OCH3 is 1. The summed E-state index contributed by atoms with van der Waals surface area (Å²) in [5.41, 5.74) is 2.21. The largest absolute Gasteiger partial charge is 0.385 e. The maximum absolute atomic E-state index is 5.05. The van der Waals surface area contributed by atoms with Crippen LogP contribution in [0.3, 0.4) is 0 Å². The Morgan fingerprint density at radius 1 is 1.25 bits per heavy atom. The Morgan fingerprint density at radius 3 is 2.67 bits per heavy atom. The lowest BCUT2D eigenvalue weighted by molar-refractivity contribution is 0.195. The van der Waals surface area contributed by atoms with Gasteiger partial charge in [-0.05, 0) is 37.1 Å². The summed E-state index contributed by atoms with van der Waals surface area (Å²) in [7, 11) is 1.71. The van der Waals surface area contributed by atoms with E-state index in [-0.39, 0.29) is 24.0 Å². The molecule has 0 radical (unpaired) electrons. The molecule has 0 aliphatic carbocycles. The maximum atomic E-state index is 5.05. The monoisotopic (exact) mass is 443 g/mol. The Hall–Kier alpha value is -1.61. The first-order valence-corrected chi connectivity index (χ1v) is 7.93. The van der Waals surface area contributed by atoms with E-state index in [4.69, 9.17) is 4.74 Å². The maximum Gasteiger partial charge on any atom is 0.191 e. The van der Waals surface area contributed by atoms with Crippen molar-refractivity contribution in [3.8, 4) is 5.69 Å². The normalized spacial score (nSPS) is 11.0. The van der Waals surface area contributed by atoms with Crippen molar-refractivity contribution >= 4 is 29.9 Å². The van der Waals surface area contributed by atoms with Gasteiger partial charge in [0.25, 0.3) is 0 Å². The van der Waals surface area contributed by atoms with Crippen molar-refractivity contribution in [3.63, 3.8) is 0 Å². The molecule has 132 valence electrons. The lowest BCUT2D eigenvalue weighted by Gasteiger charge is -2.11. The summed E-state index contributed by atoms with van der Waals surface area (Å²) >= 11 is 0. The number of guanidine groups is 1. The second-order valence-corrected chi connectivity index (χ2v) is 5.09. The van der Waals surface area contributed by atoms with Crippen LogP contribution in [0.4, 0.5) is 0 Å². The van der Waals surface area contributed by atoms with Crippen molar-refractivity contribution in [2.45, 2.75) is 19.9 Å². The summed E-state index contributed by atoms with van der Waals surface area (Å²) in [5, 5.41) is 10.8. The molecule has 2 rings (SSSR count). The van der Waals surface area contributed by atoms with E-state index >= 15 is 0 Å². The number of nitrogens with zero attached hydrogens (tertiary/aromatic N) is 3. The number of rotatable bonds is 8. The summed E-state index contributed by atoms with van der Waals surface area (Å²) < 4.78 is 6.89. The predicted octanol–water partition coefficient (Wildman–Crippen LogP) is 2.58. The minimum Gasteiger partial charge on any atom is -0.385 e. The smallest absolute Gasteiger partial charge is 0.191 e. The summed E-state index contributed by atoms with van der Waals surface area (Å²) in [6, 6.07) is 10.2. The Balaban J connectivity index is 0.00000288. The topological polar surface area (TPSA) is 63.5 Å². The van der Waals surface area contributed by atoms with Crippen molar-refractivity contribution in [1.29, 1.82) is 0 Å². The molecule has 0 aliphatic heterocycles. The molecule has 0 aliphatic rings. The van der Waals surface area contributed by atoms with Gasteiger partial charge in [0.1, 0.15) is 0 Å². The van der Waals surface area contributed by atoms with E-state index < -0.39 is 0 Å². The van der Waals surface area contributed by atoms with Crippen LogP contribution in [-0.4, -0.2) is 42.5 Å². The van der Waals surface area contributed by atoms with Gasteiger partial charge in [0.15, 0.2) is 5.96 Å². The molecule has 0 unspecified atom stereocenters. The first-order valence-electron chi connectivity index (χ1n) is 7.93. The minimum absolute atomic E-state index is 0. The number of ether oxygens (including phenoxy) is 1. The van der Waals surface area contributed by atoms with Gasteiger partial charge in [-0.1, -0.05) is 12.1 Å². The lowest BCUT2D eigenvalue weighted by Crippen LogP contribution is -2.38. The number of nitrogens with one attached hydrogen (secondary N) is 2. The van der Waals surface area contributed by atoms with Crippen LogP contribution in [0.15, 0.2) is 47.7 Å². The van der Waals surface area contributed by atoms with Gasteiger partial charge in [-0.3, -0.25) is 0 Å². The Bertz CT molecular complexity index is 584. The molecule has 6 nitrogen and oxygen atoms in total. The first kappa shape index (κ1) is 20.4. The Morgan fingerprint density at radius 2 is 2.04 bits per heavy atom. The van der Waals surface area contributed by atoms with Crippen LogP contribution >= 0.6 is 24.0 Å². The van der Waals surface area contributed by atoms with E-state index in [9.17, 15) is 0 Å².